The number of nitrogens with two attached hydrogens (primary N) is 1. The number of allylic oxidation sites excluding steroid dienone is 4. The molecule has 0 amide bonds. The fourth-order valence-corrected chi connectivity index (χ4v) is 19.3. The van der Waals surface area contributed by atoms with Crippen LogP contribution in [0.5, 0.6) is 0 Å². The standard InChI is InChI=1S/C54H67N3O5/c1-28-13-14-32-25-38-29(2)23-33-15-17-40-34-24-35-27-57(40)47(33)44(38)36-19-20-52-49(48(58)37-16-18-41(35)56(26-34)46(37)31-8-4-3-5-9-31)61-51(60)53(52,45(32)36)42(22-28)54(52)39-12-6-10-30(11-7-21-55)43(39)50(59)62-54/h6,10,12-14,28-29,31-32,34-35,37-38,40-42,44,46,58H,3-5,7-9,11,15-27,55H2,1-2H3. The zero-order valence-corrected chi connectivity index (χ0v) is 37.1. The summed E-state index contributed by atoms with van der Waals surface area (Å²) in [4.78, 5) is 37.0. The first-order valence-corrected chi connectivity index (χ1v) is 25.6. The van der Waals surface area contributed by atoms with Gasteiger partial charge in [0.15, 0.2) is 11.4 Å². The zero-order chi connectivity index (χ0) is 41.6. The molecule has 2 saturated carbocycles. The van der Waals surface area contributed by atoms with Gasteiger partial charge in [-0.05, 0) is 149 Å². The fraction of sp³-hybridized carbons (Fsp3) is 0.704. The predicted octanol–water partition coefficient (Wildman–Crippen LogP) is 9.26. The number of esters is 2. The van der Waals surface area contributed by atoms with Gasteiger partial charge in [-0.15, -0.1) is 0 Å². The normalized spacial score (nSPS) is 46.9. The molecule has 1 aromatic carbocycles. The van der Waals surface area contributed by atoms with Crippen molar-refractivity contribution in [1.82, 2.24) is 9.80 Å². The third-order valence-electron chi connectivity index (χ3n) is 21.1. The Bertz CT molecular complexity index is 2320. The SMILES string of the molecule is CC1C=CC2CC3C(C)CC4=C5C3C3=C2C26C(=O)OC(=C(O)C7CCC8C9CC(CN8C7C7CCCCC7)C(CC4)N5C9)C2(CC3)C2(OC(=O)c3c(CCCN)cccc32)C6C1. The van der Waals surface area contributed by atoms with Crippen molar-refractivity contribution in [1.29, 1.82) is 0 Å². The molecule has 8 heteroatoms. The lowest BCUT2D eigenvalue weighted by Crippen LogP contribution is -2.78. The third-order valence-corrected chi connectivity index (χ3v) is 21.1. The van der Waals surface area contributed by atoms with Gasteiger partial charge in [-0.25, -0.2) is 4.79 Å². The first-order chi connectivity index (χ1) is 30.2. The van der Waals surface area contributed by atoms with E-state index in [1.54, 1.807) is 11.3 Å². The molecule has 0 aromatic heterocycles. The monoisotopic (exact) mass is 838 g/mol. The predicted molar refractivity (Wildman–Crippen MR) is 235 cm³/mol. The summed E-state index contributed by atoms with van der Waals surface area (Å²) in [7, 11) is 0. The number of rotatable bonds is 4. The molecule has 13 aliphatic rings. The Kier molecular flexibility index (Phi) is 7.91. The van der Waals surface area contributed by atoms with Crippen LogP contribution in [0.1, 0.15) is 138 Å². The Morgan fingerprint density at radius 1 is 0.919 bits per heavy atom. The molecule has 1 aromatic rings. The molecule has 6 fully saturated rings. The number of hydrogen-bond donors (Lipinski definition) is 2. The number of benzene rings is 1. The van der Waals surface area contributed by atoms with E-state index in [1.165, 1.54) is 75.5 Å². The lowest BCUT2D eigenvalue weighted by molar-refractivity contribution is -0.281. The van der Waals surface area contributed by atoms with Crippen LogP contribution in [0.25, 0.3) is 0 Å². The van der Waals surface area contributed by atoms with Crippen LogP contribution in [0.4, 0.5) is 0 Å². The summed E-state index contributed by atoms with van der Waals surface area (Å²) in [5.41, 5.74) is 11.7. The number of hydrogen-bond acceptors (Lipinski definition) is 8. The number of aliphatic hydroxyl groups excluding tert-OH is 1. The van der Waals surface area contributed by atoms with E-state index in [2.05, 4.69) is 54.0 Å². The Balaban J connectivity index is 1.09. The van der Waals surface area contributed by atoms with Crippen LogP contribution in [0.15, 0.2) is 64.3 Å². The number of nitrogens with zero attached hydrogens (tertiary/aromatic N) is 2. The van der Waals surface area contributed by atoms with Gasteiger partial charge in [0.25, 0.3) is 0 Å². The molecule has 15 atom stereocenters. The van der Waals surface area contributed by atoms with Crippen molar-refractivity contribution in [3.63, 3.8) is 0 Å². The second kappa shape index (κ2) is 12.9. The van der Waals surface area contributed by atoms with Crippen LogP contribution >= 0.6 is 0 Å². The Morgan fingerprint density at radius 3 is 2.63 bits per heavy atom. The number of carbonyl (C=O) groups is 2. The summed E-state index contributed by atoms with van der Waals surface area (Å²) in [5, 5.41) is 13.7. The molecular formula is C54H67N3O5. The van der Waals surface area contributed by atoms with Crippen molar-refractivity contribution in [3.8, 4) is 0 Å². The highest BCUT2D eigenvalue weighted by Crippen LogP contribution is 2.88. The van der Waals surface area contributed by atoms with Gasteiger partial charge in [-0.1, -0.05) is 74.6 Å². The lowest BCUT2D eigenvalue weighted by atomic mass is 9.27. The molecule has 7 aliphatic heterocycles. The van der Waals surface area contributed by atoms with E-state index in [4.69, 9.17) is 15.2 Å². The van der Waals surface area contributed by atoms with Crippen LogP contribution in [0.3, 0.4) is 0 Å². The Morgan fingerprint density at radius 2 is 1.77 bits per heavy atom. The minimum Gasteiger partial charge on any atom is -0.508 e. The van der Waals surface area contributed by atoms with Crippen LogP contribution in [-0.2, 0) is 26.3 Å². The topological polar surface area (TPSA) is 105 Å². The van der Waals surface area contributed by atoms with Crippen LogP contribution in [-0.4, -0.2) is 64.6 Å². The van der Waals surface area contributed by atoms with E-state index in [-0.39, 0.29) is 41.7 Å². The smallest absolute Gasteiger partial charge is 0.339 e. The third kappa shape index (κ3) is 4.27. The van der Waals surface area contributed by atoms with Crippen molar-refractivity contribution >= 4 is 11.9 Å². The molecule has 7 heterocycles. The van der Waals surface area contributed by atoms with Crippen LogP contribution < -0.4 is 5.73 Å². The summed E-state index contributed by atoms with van der Waals surface area (Å²) in [5.74, 6) is 3.39. The Labute approximate surface area is 367 Å². The average Bonchev–Trinajstić information content (AvgIpc) is 3.74. The maximum atomic E-state index is 16.1. The molecule has 0 radical (unpaired) electrons. The highest BCUT2D eigenvalue weighted by atomic mass is 16.6. The van der Waals surface area contributed by atoms with Crippen molar-refractivity contribution in [2.24, 2.45) is 75.7 Å². The molecule has 3 spiro atoms. The van der Waals surface area contributed by atoms with E-state index < -0.39 is 16.4 Å². The summed E-state index contributed by atoms with van der Waals surface area (Å²) in [6, 6.07) is 7.64. The summed E-state index contributed by atoms with van der Waals surface area (Å²) in [6.45, 7) is 7.67. The van der Waals surface area contributed by atoms with E-state index in [1.807, 2.05) is 0 Å². The molecule has 14 rings (SSSR count). The van der Waals surface area contributed by atoms with Crippen molar-refractivity contribution < 1.29 is 24.2 Å². The number of aryl methyl sites for hydroxylation is 1. The molecule has 15 unspecified atom stereocenters. The first-order valence-electron chi connectivity index (χ1n) is 25.6. The lowest BCUT2D eigenvalue weighted by Gasteiger charge is -2.73. The summed E-state index contributed by atoms with van der Waals surface area (Å²) in [6.07, 6.45) is 22.8. The number of fused-ring (bicyclic) bond motifs is 8. The van der Waals surface area contributed by atoms with Gasteiger partial charge < -0.3 is 25.2 Å². The van der Waals surface area contributed by atoms with E-state index in [9.17, 15) is 9.90 Å². The van der Waals surface area contributed by atoms with E-state index >= 15 is 4.79 Å². The maximum absolute atomic E-state index is 16.1. The fourth-order valence-electron chi connectivity index (χ4n) is 19.3. The van der Waals surface area contributed by atoms with Crippen molar-refractivity contribution in [3.05, 3.63) is 81.0 Å². The molecule has 3 N–H and O–H groups in total. The number of aliphatic hydroxyl groups is 1. The molecule has 7 bridgehead atoms. The van der Waals surface area contributed by atoms with Gasteiger partial charge in [0.05, 0.1) is 11.0 Å². The van der Waals surface area contributed by atoms with Gasteiger partial charge in [0.2, 0.25) is 0 Å². The average molecular weight is 838 g/mol. The largest absolute Gasteiger partial charge is 0.508 e. The van der Waals surface area contributed by atoms with Gasteiger partial charge >= 0.3 is 11.9 Å². The number of ether oxygens (including phenoxy) is 2. The number of carbonyl (C=O) groups excluding carboxylic acids is 2. The summed E-state index contributed by atoms with van der Waals surface area (Å²) >= 11 is 0. The number of piperidine rings is 3. The highest BCUT2D eigenvalue weighted by Gasteiger charge is 2.94. The van der Waals surface area contributed by atoms with Crippen molar-refractivity contribution in [2.45, 2.75) is 147 Å². The summed E-state index contributed by atoms with van der Waals surface area (Å²) < 4.78 is 14.4. The van der Waals surface area contributed by atoms with Crippen LogP contribution in [0, 0.1) is 70.0 Å². The molecular weight excluding hydrogens is 771 g/mol. The second-order valence-corrected chi connectivity index (χ2v) is 23.3. The van der Waals surface area contributed by atoms with E-state index in [0.29, 0.717) is 90.5 Å². The molecule has 6 aliphatic carbocycles. The maximum Gasteiger partial charge on any atom is 0.339 e. The minimum atomic E-state index is -1.12. The van der Waals surface area contributed by atoms with Gasteiger partial charge in [0.1, 0.15) is 11.2 Å². The molecule has 8 nitrogen and oxygen atoms in total. The van der Waals surface area contributed by atoms with E-state index in [0.717, 1.165) is 49.8 Å². The van der Waals surface area contributed by atoms with Gasteiger partial charge in [-0.3, -0.25) is 9.69 Å². The second-order valence-electron chi connectivity index (χ2n) is 23.3. The van der Waals surface area contributed by atoms with Crippen LogP contribution in [0.2, 0.25) is 0 Å². The van der Waals surface area contributed by atoms with Gasteiger partial charge in [-0.2, -0.15) is 0 Å². The van der Waals surface area contributed by atoms with Crippen molar-refractivity contribution in [2.75, 3.05) is 19.6 Å². The molecule has 328 valence electrons. The molecule has 62 heavy (non-hydrogen) atoms. The van der Waals surface area contributed by atoms with Gasteiger partial charge in [0, 0.05) is 60.2 Å². The zero-order valence-electron chi connectivity index (χ0n) is 37.1. The highest BCUT2D eigenvalue weighted by molar-refractivity contribution is 6.00. The quantitative estimate of drug-likeness (QED) is 0.229. The first kappa shape index (κ1) is 38.0. The minimum absolute atomic E-state index is 0.105. The Hall–Kier alpha value is -3.36. The molecule has 4 saturated heterocycles.